The van der Waals surface area contributed by atoms with Crippen molar-refractivity contribution in [1.29, 1.82) is 0 Å². The third-order valence-electron chi connectivity index (χ3n) is 5.45. The van der Waals surface area contributed by atoms with Crippen molar-refractivity contribution in [2.75, 3.05) is 13.7 Å². The second kappa shape index (κ2) is 6.71. The van der Waals surface area contributed by atoms with Gasteiger partial charge in [0.2, 0.25) is 5.91 Å². The number of rotatable bonds is 6. The molecule has 0 heterocycles. The Morgan fingerprint density at radius 3 is 2.54 bits per heavy atom. The van der Waals surface area contributed by atoms with E-state index < -0.39 is 17.0 Å². The molecule has 1 amide bonds. The number of hydrogen-bond acceptors (Lipinski definition) is 2. The summed E-state index contributed by atoms with van der Waals surface area (Å²) in [6, 6.07) is 11.0. The Morgan fingerprint density at radius 1 is 1.19 bits per heavy atom. The minimum Gasteiger partial charge on any atom is -0.497 e. The molecule has 2 aromatic rings. The van der Waals surface area contributed by atoms with Crippen LogP contribution in [0, 0.1) is 17.0 Å². The molecule has 0 bridgehead atoms. The van der Waals surface area contributed by atoms with Gasteiger partial charge in [0.25, 0.3) is 0 Å². The van der Waals surface area contributed by atoms with Crippen LogP contribution in [0.5, 0.6) is 5.75 Å². The molecule has 0 aliphatic heterocycles. The van der Waals surface area contributed by atoms with Crippen LogP contribution in [0.3, 0.4) is 0 Å². The van der Waals surface area contributed by atoms with Gasteiger partial charge in [-0.2, -0.15) is 0 Å². The fourth-order valence-corrected chi connectivity index (χ4v) is 3.72. The first-order valence-electron chi connectivity index (χ1n) is 8.63. The van der Waals surface area contributed by atoms with E-state index in [2.05, 4.69) is 5.32 Å². The van der Waals surface area contributed by atoms with Crippen LogP contribution in [0.1, 0.15) is 31.4 Å². The molecule has 5 heteroatoms. The van der Waals surface area contributed by atoms with Gasteiger partial charge in [0.15, 0.2) is 0 Å². The van der Waals surface area contributed by atoms with Gasteiger partial charge in [0, 0.05) is 18.0 Å². The Labute approximate surface area is 152 Å². The first-order valence-corrected chi connectivity index (χ1v) is 8.63. The standard InChI is InChI=1S/C21H23F2NO2/c1-20(2)12-21(20,17-8-7-15(22)11-18(17)23)13-24-19(25)10-14-5-4-6-16(9-14)26-3/h4-9,11H,10,12-13H2,1-3H3,(H,24,25). The normalized spacial score (nSPS) is 20.5. The average Bonchev–Trinajstić information content (AvgIpc) is 3.15. The van der Waals surface area contributed by atoms with Gasteiger partial charge < -0.3 is 10.1 Å². The Balaban J connectivity index is 1.71. The summed E-state index contributed by atoms with van der Waals surface area (Å²) in [5.74, 6) is -0.592. The molecule has 0 radical (unpaired) electrons. The summed E-state index contributed by atoms with van der Waals surface area (Å²) in [7, 11) is 1.58. The van der Waals surface area contributed by atoms with Crippen molar-refractivity contribution < 1.29 is 18.3 Å². The number of nitrogens with one attached hydrogen (secondary N) is 1. The zero-order valence-corrected chi connectivity index (χ0v) is 15.2. The van der Waals surface area contributed by atoms with Crippen LogP contribution in [-0.2, 0) is 16.6 Å². The van der Waals surface area contributed by atoms with Gasteiger partial charge in [-0.1, -0.05) is 32.0 Å². The molecule has 3 nitrogen and oxygen atoms in total. The van der Waals surface area contributed by atoms with E-state index in [0.717, 1.165) is 18.1 Å². The minimum absolute atomic E-state index is 0.136. The largest absolute Gasteiger partial charge is 0.497 e. The first-order chi connectivity index (χ1) is 12.3. The summed E-state index contributed by atoms with van der Waals surface area (Å²) in [6.07, 6.45) is 0.960. The maximum Gasteiger partial charge on any atom is 0.224 e. The maximum absolute atomic E-state index is 14.3. The van der Waals surface area contributed by atoms with Crippen LogP contribution in [0.2, 0.25) is 0 Å². The molecule has 138 valence electrons. The minimum atomic E-state index is -0.595. The first kappa shape index (κ1) is 18.4. The van der Waals surface area contributed by atoms with E-state index in [0.29, 0.717) is 17.9 Å². The molecule has 0 spiro atoms. The predicted octanol–water partition coefficient (Wildman–Crippen LogP) is 4.00. The molecule has 1 unspecified atom stereocenters. The molecule has 2 aromatic carbocycles. The third kappa shape index (κ3) is 3.43. The van der Waals surface area contributed by atoms with Crippen LogP contribution in [0.4, 0.5) is 8.78 Å². The lowest BCUT2D eigenvalue weighted by Gasteiger charge is -2.22. The number of halogens is 2. The van der Waals surface area contributed by atoms with Gasteiger partial charge in [0.1, 0.15) is 17.4 Å². The molecule has 1 aliphatic carbocycles. The summed E-state index contributed by atoms with van der Waals surface area (Å²) < 4.78 is 32.7. The van der Waals surface area contributed by atoms with Crippen LogP contribution >= 0.6 is 0 Å². The van der Waals surface area contributed by atoms with E-state index >= 15 is 0 Å². The van der Waals surface area contributed by atoms with E-state index in [1.54, 1.807) is 7.11 Å². The highest BCUT2D eigenvalue weighted by atomic mass is 19.1. The number of amides is 1. The Bertz CT molecular complexity index is 835. The number of hydrogen-bond donors (Lipinski definition) is 1. The van der Waals surface area contributed by atoms with Gasteiger partial charge >= 0.3 is 0 Å². The van der Waals surface area contributed by atoms with E-state index in [4.69, 9.17) is 4.74 Å². The van der Waals surface area contributed by atoms with Crippen molar-refractivity contribution in [2.45, 2.75) is 32.1 Å². The Hall–Kier alpha value is -2.43. The second-order valence-corrected chi connectivity index (χ2v) is 7.57. The highest BCUT2D eigenvalue weighted by Crippen LogP contribution is 2.64. The molecular formula is C21H23F2NO2. The van der Waals surface area contributed by atoms with Crippen molar-refractivity contribution in [3.05, 3.63) is 65.2 Å². The van der Waals surface area contributed by atoms with Crippen molar-refractivity contribution >= 4 is 5.91 Å². The molecular weight excluding hydrogens is 336 g/mol. The molecule has 1 fully saturated rings. The molecule has 3 rings (SSSR count). The predicted molar refractivity (Wildman–Crippen MR) is 96.1 cm³/mol. The second-order valence-electron chi connectivity index (χ2n) is 7.57. The summed E-state index contributed by atoms with van der Waals surface area (Å²) in [5.41, 5.74) is 0.647. The average molecular weight is 359 g/mol. The fraction of sp³-hybridized carbons (Fsp3) is 0.381. The lowest BCUT2D eigenvalue weighted by Crippen LogP contribution is -2.36. The lowest BCUT2D eigenvalue weighted by atomic mass is 9.87. The highest BCUT2D eigenvalue weighted by molar-refractivity contribution is 5.79. The molecule has 26 heavy (non-hydrogen) atoms. The molecule has 0 saturated heterocycles. The van der Waals surface area contributed by atoms with E-state index in [9.17, 15) is 13.6 Å². The Kier molecular flexibility index (Phi) is 4.74. The number of carbonyl (C=O) groups is 1. The summed E-state index contributed by atoms with van der Waals surface area (Å²) in [5, 5.41) is 2.93. The smallest absolute Gasteiger partial charge is 0.224 e. The lowest BCUT2D eigenvalue weighted by molar-refractivity contribution is -0.120. The maximum atomic E-state index is 14.3. The zero-order valence-electron chi connectivity index (χ0n) is 15.2. The van der Waals surface area contributed by atoms with Gasteiger partial charge in [-0.15, -0.1) is 0 Å². The van der Waals surface area contributed by atoms with Crippen LogP contribution in [0.25, 0.3) is 0 Å². The van der Waals surface area contributed by atoms with Crippen molar-refractivity contribution in [2.24, 2.45) is 5.41 Å². The van der Waals surface area contributed by atoms with Gasteiger partial charge in [-0.25, -0.2) is 8.78 Å². The number of carbonyl (C=O) groups excluding carboxylic acids is 1. The van der Waals surface area contributed by atoms with Gasteiger partial charge in [-0.3, -0.25) is 4.79 Å². The molecule has 1 N–H and O–H groups in total. The number of benzene rings is 2. The van der Waals surface area contributed by atoms with Crippen molar-refractivity contribution in [1.82, 2.24) is 5.32 Å². The highest BCUT2D eigenvalue weighted by Gasteiger charge is 2.62. The van der Waals surface area contributed by atoms with E-state index in [1.165, 1.54) is 12.1 Å². The third-order valence-corrected chi connectivity index (χ3v) is 5.45. The molecule has 1 atom stereocenters. The van der Waals surface area contributed by atoms with Crippen LogP contribution < -0.4 is 10.1 Å². The summed E-state index contributed by atoms with van der Waals surface area (Å²) >= 11 is 0. The number of ether oxygens (including phenoxy) is 1. The monoisotopic (exact) mass is 359 g/mol. The molecule has 1 saturated carbocycles. The number of methoxy groups -OCH3 is 1. The van der Waals surface area contributed by atoms with Gasteiger partial charge in [-0.05, 0) is 41.2 Å². The molecule has 1 aliphatic rings. The van der Waals surface area contributed by atoms with Crippen LogP contribution in [0.15, 0.2) is 42.5 Å². The van der Waals surface area contributed by atoms with Crippen molar-refractivity contribution in [3.63, 3.8) is 0 Å². The van der Waals surface area contributed by atoms with E-state index in [-0.39, 0.29) is 17.7 Å². The Morgan fingerprint density at radius 2 is 1.92 bits per heavy atom. The molecule has 0 aromatic heterocycles. The fourth-order valence-electron chi connectivity index (χ4n) is 3.72. The zero-order chi connectivity index (χ0) is 18.9. The van der Waals surface area contributed by atoms with Crippen LogP contribution in [-0.4, -0.2) is 19.6 Å². The summed E-state index contributed by atoms with van der Waals surface area (Å²) in [4.78, 5) is 12.4. The van der Waals surface area contributed by atoms with E-state index in [1.807, 2.05) is 38.1 Å². The summed E-state index contributed by atoms with van der Waals surface area (Å²) in [6.45, 7) is 4.39. The quantitative estimate of drug-likeness (QED) is 0.847. The topological polar surface area (TPSA) is 38.3 Å². The van der Waals surface area contributed by atoms with Gasteiger partial charge in [0.05, 0.1) is 13.5 Å². The van der Waals surface area contributed by atoms with Crippen molar-refractivity contribution in [3.8, 4) is 5.75 Å². The SMILES string of the molecule is COc1cccc(CC(=O)NCC2(c3ccc(F)cc3F)CC2(C)C)c1.